The molecule has 0 bridgehead atoms. The van der Waals surface area contributed by atoms with E-state index in [4.69, 9.17) is 10.5 Å². The molecular weight excluding hydrogens is 292 g/mol. The van der Waals surface area contributed by atoms with Gasteiger partial charge in [-0.15, -0.1) is 0 Å². The summed E-state index contributed by atoms with van der Waals surface area (Å²) in [5, 5.41) is 2.93. The number of benzene rings is 1. The molecule has 126 valence electrons. The molecule has 1 aliphatic carbocycles. The highest BCUT2D eigenvalue weighted by Gasteiger charge is 2.32. The summed E-state index contributed by atoms with van der Waals surface area (Å²) in [6.07, 6.45) is 6.04. The van der Waals surface area contributed by atoms with E-state index in [0.717, 1.165) is 31.2 Å². The van der Waals surface area contributed by atoms with Crippen LogP contribution in [0.1, 0.15) is 54.4 Å². The largest absolute Gasteiger partial charge is 0.465 e. The molecule has 5 nitrogen and oxygen atoms in total. The Balaban J connectivity index is 2.02. The monoisotopic (exact) mass is 318 g/mol. The van der Waals surface area contributed by atoms with Crippen molar-refractivity contribution in [2.24, 2.45) is 11.1 Å². The van der Waals surface area contributed by atoms with Crippen LogP contribution in [0.4, 0.5) is 5.69 Å². The molecule has 1 aromatic carbocycles. The van der Waals surface area contributed by atoms with Crippen LogP contribution in [0.2, 0.25) is 0 Å². The number of hydrogen-bond acceptors (Lipinski definition) is 4. The number of methoxy groups -OCH3 is 1. The van der Waals surface area contributed by atoms with Crippen molar-refractivity contribution in [3.05, 3.63) is 29.3 Å². The van der Waals surface area contributed by atoms with Crippen LogP contribution in [0.25, 0.3) is 0 Å². The number of amides is 1. The van der Waals surface area contributed by atoms with Gasteiger partial charge >= 0.3 is 5.97 Å². The maximum absolute atomic E-state index is 12.4. The summed E-state index contributed by atoms with van der Waals surface area (Å²) in [4.78, 5) is 24.0. The number of aryl methyl sites for hydroxylation is 1. The lowest BCUT2D eigenvalue weighted by atomic mass is 9.71. The second-order valence-electron chi connectivity index (χ2n) is 6.51. The van der Waals surface area contributed by atoms with Crippen molar-refractivity contribution in [3.8, 4) is 0 Å². The van der Waals surface area contributed by atoms with Gasteiger partial charge in [-0.05, 0) is 55.5 Å². The molecule has 1 saturated carbocycles. The number of carbonyl (C=O) groups is 2. The van der Waals surface area contributed by atoms with Gasteiger partial charge in [0.25, 0.3) is 0 Å². The average molecular weight is 318 g/mol. The Hall–Kier alpha value is -1.88. The molecule has 1 fully saturated rings. The average Bonchev–Trinajstić information content (AvgIpc) is 2.55. The molecule has 0 radical (unpaired) electrons. The summed E-state index contributed by atoms with van der Waals surface area (Å²) < 4.78 is 4.73. The quantitative estimate of drug-likeness (QED) is 0.818. The lowest BCUT2D eigenvalue weighted by Crippen LogP contribution is -2.36. The van der Waals surface area contributed by atoms with Gasteiger partial charge in [-0.3, -0.25) is 4.79 Å². The fourth-order valence-corrected chi connectivity index (χ4v) is 3.38. The lowest BCUT2D eigenvalue weighted by Gasteiger charge is -2.35. The first-order chi connectivity index (χ1) is 11.0. The van der Waals surface area contributed by atoms with Crippen molar-refractivity contribution < 1.29 is 14.3 Å². The van der Waals surface area contributed by atoms with E-state index in [-0.39, 0.29) is 17.3 Å². The molecule has 23 heavy (non-hydrogen) atoms. The third-order valence-electron chi connectivity index (χ3n) is 4.80. The second-order valence-corrected chi connectivity index (χ2v) is 6.51. The van der Waals surface area contributed by atoms with Crippen LogP contribution >= 0.6 is 0 Å². The van der Waals surface area contributed by atoms with E-state index in [1.165, 1.54) is 13.5 Å². The van der Waals surface area contributed by atoms with E-state index >= 15 is 0 Å². The van der Waals surface area contributed by atoms with Gasteiger partial charge in [0.2, 0.25) is 5.91 Å². The molecule has 3 N–H and O–H groups in total. The summed E-state index contributed by atoms with van der Waals surface area (Å²) in [5.41, 5.74) is 7.88. The van der Waals surface area contributed by atoms with Crippen molar-refractivity contribution >= 4 is 17.6 Å². The van der Waals surface area contributed by atoms with Crippen molar-refractivity contribution in [2.45, 2.75) is 45.4 Å². The highest BCUT2D eigenvalue weighted by molar-refractivity contribution is 5.94. The zero-order chi connectivity index (χ0) is 16.9. The molecule has 1 amide bonds. The minimum absolute atomic E-state index is 0.0115. The fraction of sp³-hybridized carbons (Fsp3) is 0.556. The molecule has 2 rings (SSSR count). The molecule has 0 spiro atoms. The van der Waals surface area contributed by atoms with E-state index in [1.807, 2.05) is 6.92 Å². The number of hydrogen-bond donors (Lipinski definition) is 2. The standard InChI is InChI=1S/C18H26N2O3/c1-13-10-14(6-7-15(13)17(22)23-2)20-16(21)11-18(12-19)8-4-3-5-9-18/h6-7,10H,3-5,8-9,11-12,19H2,1-2H3,(H,20,21). The molecule has 5 heteroatoms. The molecule has 0 heterocycles. The van der Waals surface area contributed by atoms with Crippen molar-refractivity contribution in [3.63, 3.8) is 0 Å². The van der Waals surface area contributed by atoms with Crippen molar-refractivity contribution in [1.82, 2.24) is 0 Å². The zero-order valence-corrected chi connectivity index (χ0v) is 14.0. The smallest absolute Gasteiger partial charge is 0.338 e. The summed E-state index contributed by atoms with van der Waals surface area (Å²) in [5.74, 6) is -0.382. The number of ether oxygens (including phenoxy) is 1. The third-order valence-corrected chi connectivity index (χ3v) is 4.80. The number of anilines is 1. The lowest BCUT2D eigenvalue weighted by molar-refractivity contribution is -0.118. The normalized spacial score (nSPS) is 16.7. The van der Waals surface area contributed by atoms with Crippen LogP contribution in [0.3, 0.4) is 0 Å². The van der Waals surface area contributed by atoms with Crippen LogP contribution in [-0.4, -0.2) is 25.5 Å². The van der Waals surface area contributed by atoms with Crippen LogP contribution in [0.15, 0.2) is 18.2 Å². The molecule has 0 saturated heterocycles. The topological polar surface area (TPSA) is 81.4 Å². The van der Waals surface area contributed by atoms with E-state index < -0.39 is 0 Å². The second kappa shape index (κ2) is 7.59. The Kier molecular flexibility index (Phi) is 5.77. The van der Waals surface area contributed by atoms with Gasteiger partial charge in [0.1, 0.15) is 0 Å². The van der Waals surface area contributed by atoms with Crippen LogP contribution < -0.4 is 11.1 Å². The highest BCUT2D eigenvalue weighted by atomic mass is 16.5. The molecule has 0 aromatic heterocycles. The summed E-state index contributed by atoms with van der Waals surface area (Å²) >= 11 is 0. The fourth-order valence-electron chi connectivity index (χ4n) is 3.38. The minimum atomic E-state index is -0.371. The first-order valence-corrected chi connectivity index (χ1v) is 8.18. The van der Waals surface area contributed by atoms with Gasteiger partial charge in [0.15, 0.2) is 0 Å². The molecule has 0 aliphatic heterocycles. The van der Waals surface area contributed by atoms with Gasteiger partial charge in [-0.25, -0.2) is 4.79 Å². The summed E-state index contributed by atoms with van der Waals surface area (Å²) in [6, 6.07) is 5.20. The maximum Gasteiger partial charge on any atom is 0.338 e. The van der Waals surface area contributed by atoms with Crippen molar-refractivity contribution in [1.29, 1.82) is 0 Å². The number of nitrogens with two attached hydrogens (primary N) is 1. The first-order valence-electron chi connectivity index (χ1n) is 8.18. The van der Waals surface area contributed by atoms with E-state index in [2.05, 4.69) is 5.32 Å². The van der Waals surface area contributed by atoms with Gasteiger partial charge in [0.05, 0.1) is 12.7 Å². The molecule has 1 aromatic rings. The Morgan fingerprint density at radius 3 is 2.52 bits per heavy atom. The van der Waals surface area contributed by atoms with Crippen molar-refractivity contribution in [2.75, 3.05) is 19.0 Å². The predicted molar refractivity (Wildman–Crippen MR) is 90.3 cm³/mol. The SMILES string of the molecule is COC(=O)c1ccc(NC(=O)CC2(CN)CCCCC2)cc1C. The maximum atomic E-state index is 12.4. The number of rotatable bonds is 5. The highest BCUT2D eigenvalue weighted by Crippen LogP contribution is 2.38. The summed E-state index contributed by atoms with van der Waals surface area (Å²) in [6.45, 7) is 2.38. The number of esters is 1. The third kappa shape index (κ3) is 4.32. The van der Waals surface area contributed by atoms with Crippen LogP contribution in [0, 0.1) is 12.3 Å². The van der Waals surface area contributed by atoms with Crippen LogP contribution in [0.5, 0.6) is 0 Å². The molecule has 1 aliphatic rings. The van der Waals surface area contributed by atoms with Gasteiger partial charge in [0, 0.05) is 12.1 Å². The number of carbonyl (C=O) groups excluding carboxylic acids is 2. The van der Waals surface area contributed by atoms with Gasteiger partial charge < -0.3 is 15.8 Å². The molecule has 0 unspecified atom stereocenters. The zero-order valence-electron chi connectivity index (χ0n) is 14.0. The van der Waals surface area contributed by atoms with E-state index in [9.17, 15) is 9.59 Å². The minimum Gasteiger partial charge on any atom is -0.465 e. The Morgan fingerprint density at radius 2 is 1.96 bits per heavy atom. The van der Waals surface area contributed by atoms with Gasteiger partial charge in [-0.2, -0.15) is 0 Å². The Bertz CT molecular complexity index is 578. The Labute approximate surface area is 137 Å². The summed E-state index contributed by atoms with van der Waals surface area (Å²) in [7, 11) is 1.36. The first kappa shape index (κ1) is 17.5. The molecular formula is C18H26N2O3. The predicted octanol–water partition coefficient (Wildman–Crippen LogP) is 3.02. The molecule has 0 atom stereocenters. The Morgan fingerprint density at radius 1 is 1.26 bits per heavy atom. The van der Waals surface area contributed by atoms with E-state index in [1.54, 1.807) is 18.2 Å². The van der Waals surface area contributed by atoms with Gasteiger partial charge in [-0.1, -0.05) is 19.3 Å². The van der Waals surface area contributed by atoms with Crippen LogP contribution in [-0.2, 0) is 9.53 Å². The number of nitrogens with one attached hydrogen (secondary N) is 1. The van der Waals surface area contributed by atoms with E-state index in [0.29, 0.717) is 24.2 Å².